The van der Waals surface area contributed by atoms with Crippen LogP contribution in [0.5, 0.6) is 0 Å². The zero-order valence-electron chi connectivity index (χ0n) is 10.6. The van der Waals surface area contributed by atoms with Crippen molar-refractivity contribution >= 4 is 21.4 Å². The van der Waals surface area contributed by atoms with Crippen molar-refractivity contribution in [3.05, 3.63) is 17.5 Å². The van der Waals surface area contributed by atoms with Gasteiger partial charge in [-0.05, 0) is 30.2 Å². The first kappa shape index (κ1) is 14.0. The van der Waals surface area contributed by atoms with Crippen molar-refractivity contribution in [1.82, 2.24) is 4.72 Å². The highest BCUT2D eigenvalue weighted by atomic mass is 32.2. The fourth-order valence-electron chi connectivity index (χ4n) is 2.64. The third-order valence-corrected chi connectivity index (χ3v) is 6.86. The molecule has 1 aromatic heterocycles. The Bertz CT molecular complexity index is 484. The van der Waals surface area contributed by atoms with Crippen LogP contribution in [0, 0.1) is 5.92 Å². The first-order valence-corrected chi connectivity index (χ1v) is 8.64. The molecule has 2 unspecified atom stereocenters. The Morgan fingerprint density at radius 1 is 1.56 bits per heavy atom. The summed E-state index contributed by atoms with van der Waals surface area (Å²) >= 11 is 1.24. The molecule has 0 aliphatic heterocycles. The van der Waals surface area contributed by atoms with Gasteiger partial charge in [0.1, 0.15) is 4.21 Å². The number of hydrogen-bond donors (Lipinski definition) is 2. The van der Waals surface area contributed by atoms with Crippen LogP contribution in [0.3, 0.4) is 0 Å². The molecule has 1 fully saturated rings. The normalized spacial score (nSPS) is 29.3. The summed E-state index contributed by atoms with van der Waals surface area (Å²) in [5.41, 5.74) is 5.39. The lowest BCUT2D eigenvalue weighted by Crippen LogP contribution is -2.58. The maximum atomic E-state index is 12.3. The molecule has 3 N–H and O–H groups in total. The van der Waals surface area contributed by atoms with Gasteiger partial charge in [-0.1, -0.05) is 25.8 Å². The standard InChI is InChI=1S/C12H20N2O2S2/c1-10-5-2-3-7-12(10,9-13)14-18(15,16)11-6-4-8-17-11/h4,6,8,10,14H,2-3,5,7,9,13H2,1H3. The van der Waals surface area contributed by atoms with E-state index in [-0.39, 0.29) is 5.92 Å². The molecule has 0 bridgehead atoms. The Balaban J connectivity index is 2.25. The molecule has 1 aromatic rings. The van der Waals surface area contributed by atoms with Crippen LogP contribution in [0.4, 0.5) is 0 Å². The Kier molecular flexibility index (Phi) is 4.11. The molecule has 0 radical (unpaired) electrons. The molecular weight excluding hydrogens is 268 g/mol. The monoisotopic (exact) mass is 288 g/mol. The van der Waals surface area contributed by atoms with Gasteiger partial charge >= 0.3 is 0 Å². The van der Waals surface area contributed by atoms with E-state index in [0.717, 1.165) is 25.7 Å². The summed E-state index contributed by atoms with van der Waals surface area (Å²) in [5, 5.41) is 1.77. The van der Waals surface area contributed by atoms with E-state index in [2.05, 4.69) is 11.6 Å². The molecule has 0 saturated heterocycles. The Morgan fingerprint density at radius 2 is 2.33 bits per heavy atom. The van der Waals surface area contributed by atoms with Crippen LogP contribution in [-0.2, 0) is 10.0 Å². The summed E-state index contributed by atoms with van der Waals surface area (Å²) in [6.45, 7) is 2.45. The highest BCUT2D eigenvalue weighted by Gasteiger charge is 2.40. The summed E-state index contributed by atoms with van der Waals surface area (Å²) in [6, 6.07) is 3.38. The van der Waals surface area contributed by atoms with Gasteiger partial charge in [0.25, 0.3) is 10.0 Å². The molecule has 2 rings (SSSR count). The van der Waals surface area contributed by atoms with Gasteiger partial charge < -0.3 is 5.73 Å². The molecular formula is C12H20N2O2S2. The van der Waals surface area contributed by atoms with Gasteiger partial charge in [-0.3, -0.25) is 0 Å². The second kappa shape index (κ2) is 5.28. The molecule has 0 aromatic carbocycles. The van der Waals surface area contributed by atoms with E-state index in [9.17, 15) is 8.42 Å². The molecule has 0 amide bonds. The number of thiophene rings is 1. The van der Waals surface area contributed by atoms with Crippen LogP contribution in [-0.4, -0.2) is 20.5 Å². The largest absolute Gasteiger partial charge is 0.329 e. The lowest BCUT2D eigenvalue weighted by molar-refractivity contribution is 0.191. The molecule has 4 nitrogen and oxygen atoms in total. The van der Waals surface area contributed by atoms with E-state index in [0.29, 0.717) is 10.8 Å². The minimum absolute atomic E-state index is 0.283. The SMILES string of the molecule is CC1CCCCC1(CN)NS(=O)(=O)c1cccs1. The molecule has 1 aliphatic rings. The van der Waals surface area contributed by atoms with Crippen molar-refractivity contribution < 1.29 is 8.42 Å². The fourth-order valence-corrected chi connectivity index (χ4v) is 5.17. The predicted molar refractivity (Wildman–Crippen MR) is 74.1 cm³/mol. The zero-order chi connectivity index (χ0) is 13.2. The molecule has 1 heterocycles. The van der Waals surface area contributed by atoms with Gasteiger partial charge in [-0.15, -0.1) is 11.3 Å². The second-order valence-corrected chi connectivity index (χ2v) is 7.90. The third-order valence-electron chi connectivity index (χ3n) is 3.92. The quantitative estimate of drug-likeness (QED) is 0.889. The minimum atomic E-state index is -3.43. The second-order valence-electron chi connectivity index (χ2n) is 5.04. The van der Waals surface area contributed by atoms with Crippen LogP contribution in [0.25, 0.3) is 0 Å². The third kappa shape index (κ3) is 2.61. The van der Waals surface area contributed by atoms with E-state index in [1.54, 1.807) is 17.5 Å². The van der Waals surface area contributed by atoms with Crippen molar-refractivity contribution in [2.45, 2.75) is 42.4 Å². The van der Waals surface area contributed by atoms with Gasteiger partial charge in [0.2, 0.25) is 0 Å². The summed E-state index contributed by atoms with van der Waals surface area (Å²) in [6.07, 6.45) is 4.05. The maximum Gasteiger partial charge on any atom is 0.250 e. The zero-order valence-corrected chi connectivity index (χ0v) is 12.2. The summed E-state index contributed by atoms with van der Waals surface area (Å²) in [5.74, 6) is 0.283. The van der Waals surface area contributed by atoms with Gasteiger partial charge in [-0.2, -0.15) is 0 Å². The van der Waals surface area contributed by atoms with Gasteiger partial charge in [-0.25, -0.2) is 13.1 Å². The van der Waals surface area contributed by atoms with Crippen LogP contribution in [0.15, 0.2) is 21.7 Å². The highest BCUT2D eigenvalue weighted by Crippen LogP contribution is 2.34. The number of rotatable bonds is 4. The van der Waals surface area contributed by atoms with Crippen LogP contribution in [0.2, 0.25) is 0 Å². The smallest absolute Gasteiger partial charge is 0.250 e. The lowest BCUT2D eigenvalue weighted by atomic mass is 9.74. The van der Waals surface area contributed by atoms with Crippen LogP contribution in [0.1, 0.15) is 32.6 Å². The number of nitrogens with two attached hydrogens (primary N) is 1. The summed E-state index contributed by atoms with van der Waals surface area (Å²) in [7, 11) is -3.43. The Hall–Kier alpha value is -0.430. The highest BCUT2D eigenvalue weighted by molar-refractivity contribution is 7.91. The van der Waals surface area contributed by atoms with Crippen molar-refractivity contribution in [3.63, 3.8) is 0 Å². The molecule has 2 atom stereocenters. The molecule has 102 valence electrons. The average Bonchev–Trinajstić information content (AvgIpc) is 2.86. The molecule has 1 aliphatic carbocycles. The first-order valence-electron chi connectivity index (χ1n) is 6.28. The van der Waals surface area contributed by atoms with Crippen LogP contribution < -0.4 is 10.5 Å². The fraction of sp³-hybridized carbons (Fsp3) is 0.667. The van der Waals surface area contributed by atoms with Gasteiger partial charge in [0.05, 0.1) is 0 Å². The molecule has 1 saturated carbocycles. The van der Waals surface area contributed by atoms with Crippen molar-refractivity contribution in [2.24, 2.45) is 11.7 Å². The molecule has 18 heavy (non-hydrogen) atoms. The maximum absolute atomic E-state index is 12.3. The Morgan fingerprint density at radius 3 is 2.89 bits per heavy atom. The van der Waals surface area contributed by atoms with Crippen molar-refractivity contribution in [2.75, 3.05) is 6.54 Å². The number of hydrogen-bond acceptors (Lipinski definition) is 4. The van der Waals surface area contributed by atoms with E-state index >= 15 is 0 Å². The molecule has 0 spiro atoms. The number of sulfonamides is 1. The topological polar surface area (TPSA) is 72.2 Å². The Labute approximate surface area is 113 Å². The van der Waals surface area contributed by atoms with Crippen molar-refractivity contribution in [3.8, 4) is 0 Å². The summed E-state index contributed by atoms with van der Waals surface area (Å²) < 4.78 is 27.9. The summed E-state index contributed by atoms with van der Waals surface area (Å²) in [4.78, 5) is 0. The van der Waals surface area contributed by atoms with E-state index < -0.39 is 15.6 Å². The van der Waals surface area contributed by atoms with E-state index in [1.807, 2.05) is 0 Å². The van der Waals surface area contributed by atoms with Gasteiger partial charge in [0.15, 0.2) is 0 Å². The van der Waals surface area contributed by atoms with E-state index in [4.69, 9.17) is 5.73 Å². The lowest BCUT2D eigenvalue weighted by Gasteiger charge is -2.42. The minimum Gasteiger partial charge on any atom is -0.329 e. The average molecular weight is 288 g/mol. The van der Waals surface area contributed by atoms with Crippen molar-refractivity contribution in [1.29, 1.82) is 0 Å². The van der Waals surface area contributed by atoms with Crippen LogP contribution >= 0.6 is 11.3 Å². The number of nitrogens with one attached hydrogen (secondary N) is 1. The van der Waals surface area contributed by atoms with E-state index in [1.165, 1.54) is 11.3 Å². The molecule has 6 heteroatoms. The first-order chi connectivity index (χ1) is 8.50. The predicted octanol–water partition coefficient (Wildman–Crippen LogP) is 1.93. The van der Waals surface area contributed by atoms with Gasteiger partial charge in [0, 0.05) is 12.1 Å².